The quantitative estimate of drug-likeness (QED) is 0.832. The molecule has 0 saturated carbocycles. The minimum absolute atomic E-state index is 0.382. The van der Waals surface area contributed by atoms with Gasteiger partial charge in [0.1, 0.15) is 5.75 Å². The van der Waals surface area contributed by atoms with Crippen LogP contribution >= 0.6 is 11.6 Å². The zero-order valence-corrected chi connectivity index (χ0v) is 10.3. The summed E-state index contributed by atoms with van der Waals surface area (Å²) in [6.45, 7) is 4.08. The summed E-state index contributed by atoms with van der Waals surface area (Å²) in [7, 11) is 0. The maximum atomic E-state index is 9.87. The van der Waals surface area contributed by atoms with Crippen LogP contribution in [0, 0.1) is 12.8 Å². The van der Waals surface area contributed by atoms with Gasteiger partial charge in [0.05, 0.1) is 0 Å². The number of aryl methyl sites for hydroxylation is 1. The molecule has 1 aromatic rings. The SMILES string of the molecule is Cc1cc(O)c(CC2CCCNC2)cc1Cl. The number of hydrogen-bond acceptors (Lipinski definition) is 2. The van der Waals surface area contributed by atoms with Crippen molar-refractivity contribution in [2.24, 2.45) is 5.92 Å². The van der Waals surface area contributed by atoms with Gasteiger partial charge < -0.3 is 10.4 Å². The van der Waals surface area contributed by atoms with Crippen molar-refractivity contribution in [2.45, 2.75) is 26.2 Å². The molecule has 1 heterocycles. The fraction of sp³-hybridized carbons (Fsp3) is 0.538. The molecule has 2 nitrogen and oxygen atoms in total. The molecular formula is C13H18ClNO. The minimum Gasteiger partial charge on any atom is -0.508 e. The molecule has 0 spiro atoms. The lowest BCUT2D eigenvalue weighted by Gasteiger charge is -2.23. The highest BCUT2D eigenvalue weighted by atomic mass is 35.5. The summed E-state index contributed by atoms with van der Waals surface area (Å²) in [5, 5.41) is 14.0. The largest absolute Gasteiger partial charge is 0.508 e. The van der Waals surface area contributed by atoms with Crippen LogP contribution in [0.4, 0.5) is 0 Å². The summed E-state index contributed by atoms with van der Waals surface area (Å²) in [4.78, 5) is 0. The van der Waals surface area contributed by atoms with Crippen molar-refractivity contribution in [1.82, 2.24) is 5.32 Å². The normalized spacial score (nSPS) is 21.0. The first kappa shape index (κ1) is 11.7. The number of aromatic hydroxyl groups is 1. The van der Waals surface area contributed by atoms with Gasteiger partial charge in [-0.05, 0) is 68.5 Å². The Morgan fingerprint density at radius 3 is 3.00 bits per heavy atom. The van der Waals surface area contributed by atoms with Gasteiger partial charge in [-0.25, -0.2) is 0 Å². The predicted molar refractivity (Wildman–Crippen MR) is 67.2 cm³/mol. The molecule has 1 aliphatic rings. The molecule has 0 aliphatic carbocycles. The van der Waals surface area contributed by atoms with Crippen molar-refractivity contribution >= 4 is 11.6 Å². The summed E-state index contributed by atoms with van der Waals surface area (Å²) in [5.74, 6) is 1.01. The molecule has 16 heavy (non-hydrogen) atoms. The summed E-state index contributed by atoms with van der Waals surface area (Å²) < 4.78 is 0. The standard InChI is InChI=1S/C13H18ClNO/c1-9-5-13(16)11(7-12(9)14)6-10-3-2-4-15-8-10/h5,7,10,15-16H,2-4,6,8H2,1H3. The van der Waals surface area contributed by atoms with Gasteiger partial charge in [-0.3, -0.25) is 0 Å². The molecule has 1 aromatic carbocycles. The lowest BCUT2D eigenvalue weighted by Crippen LogP contribution is -2.30. The zero-order chi connectivity index (χ0) is 11.5. The van der Waals surface area contributed by atoms with Crippen LogP contribution in [-0.4, -0.2) is 18.2 Å². The van der Waals surface area contributed by atoms with Crippen molar-refractivity contribution in [3.63, 3.8) is 0 Å². The van der Waals surface area contributed by atoms with E-state index in [-0.39, 0.29) is 0 Å². The first-order chi connectivity index (χ1) is 7.66. The maximum absolute atomic E-state index is 9.87. The highest BCUT2D eigenvalue weighted by molar-refractivity contribution is 6.31. The Kier molecular flexibility index (Phi) is 3.72. The Labute approximate surface area is 102 Å². The van der Waals surface area contributed by atoms with Gasteiger partial charge in [0.2, 0.25) is 0 Å². The number of nitrogens with one attached hydrogen (secondary N) is 1. The number of phenolic OH excluding ortho intramolecular Hbond substituents is 1. The average Bonchev–Trinajstić information content (AvgIpc) is 2.27. The van der Waals surface area contributed by atoms with E-state index in [1.165, 1.54) is 12.8 Å². The Balaban J connectivity index is 2.11. The van der Waals surface area contributed by atoms with Gasteiger partial charge in [0, 0.05) is 5.02 Å². The van der Waals surface area contributed by atoms with Gasteiger partial charge in [-0.15, -0.1) is 0 Å². The molecule has 0 amide bonds. The van der Waals surface area contributed by atoms with Crippen LogP contribution in [-0.2, 0) is 6.42 Å². The lowest BCUT2D eigenvalue weighted by molar-refractivity contribution is 0.370. The van der Waals surface area contributed by atoms with E-state index >= 15 is 0 Å². The molecule has 2 N–H and O–H groups in total. The molecular weight excluding hydrogens is 222 g/mol. The summed E-state index contributed by atoms with van der Waals surface area (Å²) >= 11 is 6.08. The number of benzene rings is 1. The van der Waals surface area contributed by atoms with Crippen LogP contribution < -0.4 is 5.32 Å². The zero-order valence-electron chi connectivity index (χ0n) is 9.59. The Morgan fingerprint density at radius 2 is 2.31 bits per heavy atom. The van der Waals surface area contributed by atoms with E-state index < -0.39 is 0 Å². The summed E-state index contributed by atoms with van der Waals surface area (Å²) in [6.07, 6.45) is 3.38. The third-order valence-corrected chi connectivity index (χ3v) is 3.67. The van der Waals surface area contributed by atoms with Crippen molar-refractivity contribution < 1.29 is 5.11 Å². The topological polar surface area (TPSA) is 32.3 Å². The van der Waals surface area contributed by atoms with Crippen molar-refractivity contribution in [3.05, 3.63) is 28.3 Å². The first-order valence-electron chi connectivity index (χ1n) is 5.85. The van der Waals surface area contributed by atoms with Gasteiger partial charge >= 0.3 is 0 Å². The maximum Gasteiger partial charge on any atom is 0.119 e. The Hall–Kier alpha value is -0.730. The number of halogens is 1. The molecule has 88 valence electrons. The molecule has 1 aliphatic heterocycles. The van der Waals surface area contributed by atoms with Crippen LogP contribution in [0.3, 0.4) is 0 Å². The van der Waals surface area contributed by atoms with Crippen molar-refractivity contribution in [3.8, 4) is 5.75 Å². The third-order valence-electron chi connectivity index (χ3n) is 3.27. The predicted octanol–water partition coefficient (Wildman–Crippen LogP) is 2.90. The van der Waals surface area contributed by atoms with E-state index in [2.05, 4.69) is 5.32 Å². The first-order valence-corrected chi connectivity index (χ1v) is 6.23. The average molecular weight is 240 g/mol. The van der Waals surface area contributed by atoms with E-state index in [0.717, 1.165) is 35.7 Å². The number of piperidine rings is 1. The molecule has 0 aromatic heterocycles. The fourth-order valence-electron chi connectivity index (χ4n) is 2.28. The van der Waals surface area contributed by atoms with Crippen LogP contribution in [0.25, 0.3) is 0 Å². The van der Waals surface area contributed by atoms with E-state index in [1.54, 1.807) is 6.07 Å². The second-order valence-corrected chi connectivity index (χ2v) is 5.05. The molecule has 2 rings (SSSR count). The van der Waals surface area contributed by atoms with E-state index in [0.29, 0.717) is 11.7 Å². The van der Waals surface area contributed by atoms with Crippen molar-refractivity contribution in [1.29, 1.82) is 0 Å². The summed E-state index contributed by atoms with van der Waals surface area (Å²) in [6, 6.07) is 3.66. The molecule has 0 radical (unpaired) electrons. The monoisotopic (exact) mass is 239 g/mol. The molecule has 0 bridgehead atoms. The van der Waals surface area contributed by atoms with Crippen LogP contribution in [0.5, 0.6) is 5.75 Å². The molecule has 1 fully saturated rings. The van der Waals surface area contributed by atoms with E-state index in [4.69, 9.17) is 11.6 Å². The molecule has 3 heteroatoms. The minimum atomic E-state index is 0.382. The molecule has 1 atom stereocenters. The van der Waals surface area contributed by atoms with E-state index in [1.807, 2.05) is 13.0 Å². The van der Waals surface area contributed by atoms with Gasteiger partial charge in [0.25, 0.3) is 0 Å². The smallest absolute Gasteiger partial charge is 0.119 e. The van der Waals surface area contributed by atoms with Gasteiger partial charge in [-0.1, -0.05) is 11.6 Å². The Morgan fingerprint density at radius 1 is 1.50 bits per heavy atom. The number of phenols is 1. The second-order valence-electron chi connectivity index (χ2n) is 4.65. The third kappa shape index (κ3) is 2.69. The summed E-state index contributed by atoms with van der Waals surface area (Å²) in [5.41, 5.74) is 1.91. The van der Waals surface area contributed by atoms with Crippen LogP contribution in [0.1, 0.15) is 24.0 Å². The van der Waals surface area contributed by atoms with Crippen LogP contribution in [0.15, 0.2) is 12.1 Å². The molecule has 1 saturated heterocycles. The van der Waals surface area contributed by atoms with Crippen molar-refractivity contribution in [2.75, 3.05) is 13.1 Å². The van der Waals surface area contributed by atoms with Gasteiger partial charge in [0.15, 0.2) is 0 Å². The highest BCUT2D eigenvalue weighted by Crippen LogP contribution is 2.28. The number of hydrogen-bond donors (Lipinski definition) is 2. The number of rotatable bonds is 2. The van der Waals surface area contributed by atoms with Gasteiger partial charge in [-0.2, -0.15) is 0 Å². The van der Waals surface area contributed by atoms with Crippen LogP contribution in [0.2, 0.25) is 5.02 Å². The second kappa shape index (κ2) is 5.07. The molecule has 1 unspecified atom stereocenters. The highest BCUT2D eigenvalue weighted by Gasteiger charge is 2.16. The fourth-order valence-corrected chi connectivity index (χ4v) is 2.47. The Bertz CT molecular complexity index is 372. The van der Waals surface area contributed by atoms with E-state index in [9.17, 15) is 5.11 Å². The lowest BCUT2D eigenvalue weighted by atomic mass is 9.91.